The molecule has 17 heavy (non-hydrogen) atoms. The van der Waals surface area contributed by atoms with Gasteiger partial charge in [0.1, 0.15) is 0 Å². The third-order valence-electron chi connectivity index (χ3n) is 4.92. The Morgan fingerprint density at radius 2 is 2.06 bits per heavy atom. The van der Waals surface area contributed by atoms with Gasteiger partial charge in [0.25, 0.3) is 0 Å². The predicted octanol–water partition coefficient (Wildman–Crippen LogP) is 1.77. The summed E-state index contributed by atoms with van der Waals surface area (Å²) in [5.74, 6) is 0. The SMILES string of the molecule is C1CCC2(CC1)CNCCN2CC1CCCO1. The van der Waals surface area contributed by atoms with Crippen LogP contribution in [0.2, 0.25) is 0 Å². The van der Waals surface area contributed by atoms with E-state index in [1.807, 2.05) is 0 Å². The van der Waals surface area contributed by atoms with Crippen LogP contribution in [0, 0.1) is 0 Å². The Bertz CT molecular complexity index is 236. The summed E-state index contributed by atoms with van der Waals surface area (Å²) >= 11 is 0. The summed E-state index contributed by atoms with van der Waals surface area (Å²) in [6.07, 6.45) is 10.1. The first-order valence-electron chi connectivity index (χ1n) is 7.46. The lowest BCUT2D eigenvalue weighted by atomic mass is 9.79. The van der Waals surface area contributed by atoms with Crippen LogP contribution in [0.5, 0.6) is 0 Å². The van der Waals surface area contributed by atoms with Gasteiger partial charge in [-0.25, -0.2) is 0 Å². The van der Waals surface area contributed by atoms with E-state index >= 15 is 0 Å². The molecule has 3 fully saturated rings. The molecule has 2 saturated heterocycles. The van der Waals surface area contributed by atoms with Gasteiger partial charge in [-0.1, -0.05) is 19.3 Å². The van der Waals surface area contributed by atoms with E-state index in [1.54, 1.807) is 0 Å². The molecule has 0 amide bonds. The maximum Gasteiger partial charge on any atom is 0.0703 e. The lowest BCUT2D eigenvalue weighted by molar-refractivity contribution is -0.0142. The summed E-state index contributed by atoms with van der Waals surface area (Å²) in [6.45, 7) is 5.76. The monoisotopic (exact) mass is 238 g/mol. The fourth-order valence-corrected chi connectivity index (χ4v) is 3.91. The van der Waals surface area contributed by atoms with Gasteiger partial charge in [-0.3, -0.25) is 4.90 Å². The topological polar surface area (TPSA) is 24.5 Å². The van der Waals surface area contributed by atoms with Crippen molar-refractivity contribution >= 4 is 0 Å². The van der Waals surface area contributed by atoms with Gasteiger partial charge in [0.2, 0.25) is 0 Å². The van der Waals surface area contributed by atoms with Crippen molar-refractivity contribution in [2.45, 2.75) is 56.6 Å². The van der Waals surface area contributed by atoms with Gasteiger partial charge in [-0.15, -0.1) is 0 Å². The Kier molecular flexibility index (Phi) is 3.69. The van der Waals surface area contributed by atoms with Crippen LogP contribution in [0.1, 0.15) is 44.9 Å². The van der Waals surface area contributed by atoms with Gasteiger partial charge in [-0.2, -0.15) is 0 Å². The number of nitrogens with one attached hydrogen (secondary N) is 1. The Balaban J connectivity index is 1.65. The molecule has 2 heterocycles. The highest BCUT2D eigenvalue weighted by molar-refractivity contribution is 4.98. The second kappa shape index (κ2) is 5.25. The van der Waals surface area contributed by atoms with Crippen molar-refractivity contribution in [3.63, 3.8) is 0 Å². The zero-order chi connectivity index (χ0) is 11.6. The van der Waals surface area contributed by atoms with E-state index in [0.29, 0.717) is 11.6 Å². The first kappa shape index (κ1) is 11.9. The molecule has 1 saturated carbocycles. The highest BCUT2D eigenvalue weighted by atomic mass is 16.5. The van der Waals surface area contributed by atoms with Crippen molar-refractivity contribution in [3.05, 3.63) is 0 Å². The average molecular weight is 238 g/mol. The van der Waals surface area contributed by atoms with Crippen molar-refractivity contribution in [3.8, 4) is 0 Å². The van der Waals surface area contributed by atoms with Gasteiger partial charge in [0, 0.05) is 38.3 Å². The zero-order valence-corrected chi connectivity index (χ0v) is 10.9. The number of piperazine rings is 1. The van der Waals surface area contributed by atoms with Crippen LogP contribution in [-0.4, -0.2) is 49.3 Å². The molecule has 1 spiro atoms. The maximum absolute atomic E-state index is 5.83. The van der Waals surface area contributed by atoms with Crippen molar-refractivity contribution in [2.75, 3.05) is 32.8 Å². The van der Waals surface area contributed by atoms with Crippen molar-refractivity contribution in [1.29, 1.82) is 0 Å². The minimum atomic E-state index is 0.475. The Morgan fingerprint density at radius 1 is 1.18 bits per heavy atom. The molecule has 0 radical (unpaired) electrons. The first-order valence-corrected chi connectivity index (χ1v) is 7.46. The smallest absolute Gasteiger partial charge is 0.0703 e. The first-order chi connectivity index (χ1) is 8.39. The largest absolute Gasteiger partial charge is 0.377 e. The second-order valence-corrected chi connectivity index (χ2v) is 6.04. The molecule has 1 unspecified atom stereocenters. The normalized spacial score (nSPS) is 34.2. The molecule has 3 aliphatic rings. The molecule has 3 rings (SSSR count). The Morgan fingerprint density at radius 3 is 2.82 bits per heavy atom. The number of ether oxygens (including phenoxy) is 1. The lowest BCUT2D eigenvalue weighted by Crippen LogP contribution is -2.63. The van der Waals surface area contributed by atoms with Crippen molar-refractivity contribution in [1.82, 2.24) is 10.2 Å². The van der Waals surface area contributed by atoms with E-state index in [-0.39, 0.29) is 0 Å². The summed E-state index contributed by atoms with van der Waals surface area (Å²) in [5, 5.41) is 3.62. The molecule has 0 aromatic heterocycles. The molecular weight excluding hydrogens is 212 g/mol. The van der Waals surface area contributed by atoms with Gasteiger partial charge >= 0.3 is 0 Å². The molecule has 0 bridgehead atoms. The van der Waals surface area contributed by atoms with E-state index in [1.165, 1.54) is 64.6 Å². The van der Waals surface area contributed by atoms with Gasteiger partial charge in [-0.05, 0) is 25.7 Å². The number of nitrogens with zero attached hydrogens (tertiary/aromatic N) is 1. The van der Waals surface area contributed by atoms with E-state index in [4.69, 9.17) is 4.74 Å². The Hall–Kier alpha value is -0.120. The summed E-state index contributed by atoms with van der Waals surface area (Å²) in [5.41, 5.74) is 0.475. The van der Waals surface area contributed by atoms with E-state index in [0.717, 1.165) is 13.2 Å². The number of rotatable bonds is 2. The lowest BCUT2D eigenvalue weighted by Gasteiger charge is -2.50. The molecule has 0 aromatic rings. The van der Waals surface area contributed by atoms with Crippen molar-refractivity contribution < 1.29 is 4.74 Å². The summed E-state index contributed by atoms with van der Waals surface area (Å²) < 4.78 is 5.83. The number of hydrogen-bond acceptors (Lipinski definition) is 3. The quantitative estimate of drug-likeness (QED) is 0.793. The third kappa shape index (κ3) is 2.51. The van der Waals surface area contributed by atoms with Crippen LogP contribution in [0.15, 0.2) is 0 Å². The van der Waals surface area contributed by atoms with Crippen LogP contribution in [0.3, 0.4) is 0 Å². The molecule has 0 aromatic carbocycles. The van der Waals surface area contributed by atoms with Crippen LogP contribution in [0.4, 0.5) is 0 Å². The van der Waals surface area contributed by atoms with Crippen LogP contribution >= 0.6 is 0 Å². The number of hydrogen-bond donors (Lipinski definition) is 1. The maximum atomic E-state index is 5.83. The summed E-state index contributed by atoms with van der Waals surface area (Å²) in [6, 6.07) is 0. The average Bonchev–Trinajstić information content (AvgIpc) is 2.86. The van der Waals surface area contributed by atoms with Gasteiger partial charge in [0.05, 0.1) is 6.10 Å². The second-order valence-electron chi connectivity index (χ2n) is 6.04. The molecule has 3 heteroatoms. The van der Waals surface area contributed by atoms with Crippen LogP contribution in [0.25, 0.3) is 0 Å². The van der Waals surface area contributed by atoms with E-state index < -0.39 is 0 Å². The van der Waals surface area contributed by atoms with Gasteiger partial charge in [0.15, 0.2) is 0 Å². The fourth-order valence-electron chi connectivity index (χ4n) is 3.91. The van der Waals surface area contributed by atoms with Crippen LogP contribution in [-0.2, 0) is 4.74 Å². The standard InChI is InChI=1S/C14H26N2O/c1-2-6-14(7-3-1)12-15-8-9-16(14)11-13-5-4-10-17-13/h13,15H,1-12H2. The minimum Gasteiger partial charge on any atom is -0.377 e. The minimum absolute atomic E-state index is 0.475. The molecule has 3 nitrogen and oxygen atoms in total. The molecule has 2 aliphatic heterocycles. The van der Waals surface area contributed by atoms with Crippen LogP contribution < -0.4 is 5.32 Å². The Labute approximate surface area is 105 Å². The van der Waals surface area contributed by atoms with E-state index in [2.05, 4.69) is 10.2 Å². The van der Waals surface area contributed by atoms with Gasteiger partial charge < -0.3 is 10.1 Å². The highest BCUT2D eigenvalue weighted by Crippen LogP contribution is 2.35. The highest BCUT2D eigenvalue weighted by Gasteiger charge is 2.40. The molecule has 1 N–H and O–H groups in total. The fraction of sp³-hybridized carbons (Fsp3) is 1.00. The zero-order valence-electron chi connectivity index (χ0n) is 10.9. The molecule has 1 aliphatic carbocycles. The van der Waals surface area contributed by atoms with E-state index in [9.17, 15) is 0 Å². The van der Waals surface area contributed by atoms with Crippen molar-refractivity contribution in [2.24, 2.45) is 0 Å². The summed E-state index contributed by atoms with van der Waals surface area (Å²) in [7, 11) is 0. The molecular formula is C14H26N2O. The molecule has 1 atom stereocenters. The predicted molar refractivity (Wildman–Crippen MR) is 69.2 cm³/mol. The molecule has 98 valence electrons. The third-order valence-corrected chi connectivity index (χ3v) is 4.92. The summed E-state index contributed by atoms with van der Waals surface area (Å²) in [4.78, 5) is 2.76.